The van der Waals surface area contributed by atoms with Gasteiger partial charge in [0.15, 0.2) is 5.65 Å². The number of aliphatic hydroxyl groups excluding tert-OH is 1. The van der Waals surface area contributed by atoms with Crippen LogP contribution < -0.4 is 5.32 Å². The molecule has 0 amide bonds. The Labute approximate surface area is 107 Å². The number of anilines is 1. The average molecular weight is 248 g/mol. The number of aromatic nitrogens is 3. The zero-order chi connectivity index (χ0) is 13.2. The molecule has 0 aliphatic carbocycles. The van der Waals surface area contributed by atoms with Crippen molar-refractivity contribution in [1.29, 1.82) is 0 Å². The van der Waals surface area contributed by atoms with Crippen molar-refractivity contribution in [3.05, 3.63) is 23.9 Å². The van der Waals surface area contributed by atoms with E-state index >= 15 is 0 Å². The summed E-state index contributed by atoms with van der Waals surface area (Å²) in [5.41, 5.74) is 1.60. The maximum absolute atomic E-state index is 9.54. The number of nitrogens with zero attached hydrogens (tertiary/aromatic N) is 3. The first-order valence-corrected chi connectivity index (χ1v) is 6.35. The molecule has 2 aromatic rings. The smallest absolute Gasteiger partial charge is 0.243 e. The molecule has 0 saturated carbocycles. The Morgan fingerprint density at radius 3 is 2.67 bits per heavy atom. The maximum Gasteiger partial charge on any atom is 0.243 e. The zero-order valence-electron chi connectivity index (χ0n) is 11.1. The van der Waals surface area contributed by atoms with E-state index in [1.54, 1.807) is 4.52 Å². The van der Waals surface area contributed by atoms with E-state index in [2.05, 4.69) is 15.4 Å². The van der Waals surface area contributed by atoms with Crippen molar-refractivity contribution in [2.45, 2.75) is 39.2 Å². The molecule has 0 unspecified atom stereocenters. The van der Waals surface area contributed by atoms with Gasteiger partial charge in [0.25, 0.3) is 0 Å². The maximum atomic E-state index is 9.54. The highest BCUT2D eigenvalue weighted by molar-refractivity contribution is 5.50. The molecule has 2 rings (SSSR count). The molecule has 98 valence electrons. The van der Waals surface area contributed by atoms with Crippen LogP contribution in [-0.2, 0) is 0 Å². The molecule has 0 fully saturated rings. The summed E-state index contributed by atoms with van der Waals surface area (Å²) in [6.45, 7) is 6.18. The molecule has 0 saturated heterocycles. The highest BCUT2D eigenvalue weighted by atomic mass is 16.3. The molecule has 0 spiro atoms. The standard InChI is InChI=1S/C13H20N4O/c1-4-13(5-2,9-18)15-12-14-11-10(3)7-6-8-17(11)16-12/h6-8,18H,4-5,9H2,1-3H3,(H,15,16). The topological polar surface area (TPSA) is 62.5 Å². The second-order valence-electron chi connectivity index (χ2n) is 4.67. The van der Waals surface area contributed by atoms with E-state index in [1.807, 2.05) is 39.1 Å². The lowest BCUT2D eigenvalue weighted by Gasteiger charge is -2.29. The lowest BCUT2D eigenvalue weighted by molar-refractivity contribution is 0.201. The van der Waals surface area contributed by atoms with Crippen LogP contribution in [0, 0.1) is 6.92 Å². The first-order valence-electron chi connectivity index (χ1n) is 6.35. The summed E-state index contributed by atoms with van der Waals surface area (Å²) in [6.07, 6.45) is 3.53. The Kier molecular flexibility index (Phi) is 3.52. The lowest BCUT2D eigenvalue weighted by atomic mass is 9.94. The largest absolute Gasteiger partial charge is 0.394 e. The molecule has 0 radical (unpaired) electrons. The van der Waals surface area contributed by atoms with Crippen LogP contribution in [-0.4, -0.2) is 31.9 Å². The number of hydrogen-bond donors (Lipinski definition) is 2. The van der Waals surface area contributed by atoms with Crippen LogP contribution in [0.4, 0.5) is 5.95 Å². The molecule has 0 atom stereocenters. The minimum atomic E-state index is -0.334. The van der Waals surface area contributed by atoms with Crippen molar-refractivity contribution in [1.82, 2.24) is 14.6 Å². The Hall–Kier alpha value is -1.62. The van der Waals surface area contributed by atoms with E-state index in [-0.39, 0.29) is 12.1 Å². The monoisotopic (exact) mass is 248 g/mol. The van der Waals surface area contributed by atoms with Gasteiger partial charge in [-0.2, -0.15) is 4.98 Å². The molecular formula is C13H20N4O. The first-order chi connectivity index (χ1) is 8.64. The SMILES string of the molecule is CCC(CC)(CO)Nc1nc2c(C)cccn2n1. The summed E-state index contributed by atoms with van der Waals surface area (Å²) in [5.74, 6) is 0.571. The van der Waals surface area contributed by atoms with E-state index in [9.17, 15) is 5.11 Å². The average Bonchev–Trinajstić information content (AvgIpc) is 2.80. The highest BCUT2D eigenvalue weighted by Crippen LogP contribution is 2.20. The number of rotatable bonds is 5. The molecule has 5 nitrogen and oxygen atoms in total. The van der Waals surface area contributed by atoms with Crippen molar-refractivity contribution in [2.75, 3.05) is 11.9 Å². The van der Waals surface area contributed by atoms with Gasteiger partial charge >= 0.3 is 0 Å². The Morgan fingerprint density at radius 1 is 1.39 bits per heavy atom. The van der Waals surface area contributed by atoms with Crippen LogP contribution in [0.1, 0.15) is 32.3 Å². The van der Waals surface area contributed by atoms with Gasteiger partial charge in [-0.3, -0.25) is 0 Å². The van der Waals surface area contributed by atoms with Gasteiger partial charge < -0.3 is 10.4 Å². The summed E-state index contributed by atoms with van der Waals surface area (Å²) in [4.78, 5) is 4.47. The molecular weight excluding hydrogens is 228 g/mol. The quantitative estimate of drug-likeness (QED) is 0.849. The van der Waals surface area contributed by atoms with E-state index in [1.165, 1.54) is 0 Å². The van der Waals surface area contributed by atoms with Crippen LogP contribution >= 0.6 is 0 Å². The lowest BCUT2D eigenvalue weighted by Crippen LogP contribution is -2.41. The Morgan fingerprint density at radius 2 is 2.11 bits per heavy atom. The predicted octanol–water partition coefficient (Wildman–Crippen LogP) is 2.00. The van der Waals surface area contributed by atoms with Gasteiger partial charge in [-0.05, 0) is 31.4 Å². The van der Waals surface area contributed by atoms with Crippen molar-refractivity contribution < 1.29 is 5.11 Å². The number of hydrogen-bond acceptors (Lipinski definition) is 4. The van der Waals surface area contributed by atoms with Crippen LogP contribution in [0.25, 0.3) is 5.65 Å². The zero-order valence-corrected chi connectivity index (χ0v) is 11.1. The minimum absolute atomic E-state index is 0.0779. The summed E-state index contributed by atoms with van der Waals surface area (Å²) in [5, 5.41) is 17.2. The molecule has 2 aromatic heterocycles. The third kappa shape index (κ3) is 2.18. The van der Waals surface area contributed by atoms with Crippen LogP contribution in [0.5, 0.6) is 0 Å². The molecule has 2 heterocycles. The van der Waals surface area contributed by atoms with Crippen LogP contribution in [0.2, 0.25) is 0 Å². The number of nitrogens with one attached hydrogen (secondary N) is 1. The second kappa shape index (κ2) is 4.94. The third-order valence-electron chi connectivity index (χ3n) is 3.59. The van der Waals surface area contributed by atoms with Crippen molar-refractivity contribution in [3.63, 3.8) is 0 Å². The van der Waals surface area contributed by atoms with E-state index in [4.69, 9.17) is 0 Å². The summed E-state index contributed by atoms with van der Waals surface area (Å²) < 4.78 is 1.76. The Bertz CT molecular complexity index is 523. The minimum Gasteiger partial charge on any atom is -0.394 e. The van der Waals surface area contributed by atoms with Crippen LogP contribution in [0.15, 0.2) is 18.3 Å². The molecule has 2 N–H and O–H groups in total. The fraction of sp³-hybridized carbons (Fsp3) is 0.538. The third-order valence-corrected chi connectivity index (χ3v) is 3.59. The number of aryl methyl sites for hydroxylation is 1. The second-order valence-corrected chi connectivity index (χ2v) is 4.67. The van der Waals surface area contributed by atoms with Gasteiger partial charge in [0, 0.05) is 6.20 Å². The van der Waals surface area contributed by atoms with Crippen molar-refractivity contribution in [2.24, 2.45) is 0 Å². The van der Waals surface area contributed by atoms with E-state index < -0.39 is 0 Å². The number of pyridine rings is 1. The summed E-state index contributed by atoms with van der Waals surface area (Å²) >= 11 is 0. The van der Waals surface area contributed by atoms with Gasteiger partial charge in [-0.25, -0.2) is 4.52 Å². The van der Waals surface area contributed by atoms with E-state index in [0.29, 0.717) is 5.95 Å². The molecule has 0 aliphatic rings. The predicted molar refractivity (Wildman–Crippen MR) is 71.7 cm³/mol. The summed E-state index contributed by atoms with van der Waals surface area (Å²) in [7, 11) is 0. The van der Waals surface area contributed by atoms with E-state index in [0.717, 1.165) is 24.1 Å². The number of aliphatic hydroxyl groups is 1. The van der Waals surface area contributed by atoms with Crippen LogP contribution in [0.3, 0.4) is 0 Å². The van der Waals surface area contributed by atoms with Gasteiger partial charge in [-0.1, -0.05) is 19.9 Å². The molecule has 0 bridgehead atoms. The fourth-order valence-corrected chi connectivity index (χ4v) is 2.02. The van der Waals surface area contributed by atoms with Gasteiger partial charge in [0.2, 0.25) is 5.95 Å². The first kappa shape index (κ1) is 12.8. The molecule has 5 heteroatoms. The molecule has 0 aromatic carbocycles. The van der Waals surface area contributed by atoms with Gasteiger partial charge in [0.05, 0.1) is 12.1 Å². The number of fused-ring (bicyclic) bond motifs is 1. The van der Waals surface area contributed by atoms with Gasteiger partial charge in [0.1, 0.15) is 0 Å². The Balaban J connectivity index is 2.34. The molecule has 18 heavy (non-hydrogen) atoms. The fourth-order valence-electron chi connectivity index (χ4n) is 2.02. The summed E-state index contributed by atoms with van der Waals surface area (Å²) in [6, 6.07) is 3.95. The normalized spacial score (nSPS) is 12.0. The van der Waals surface area contributed by atoms with Gasteiger partial charge in [-0.15, -0.1) is 5.10 Å². The van der Waals surface area contributed by atoms with Crippen molar-refractivity contribution >= 4 is 11.6 Å². The highest BCUT2D eigenvalue weighted by Gasteiger charge is 2.26. The molecule has 0 aliphatic heterocycles. The van der Waals surface area contributed by atoms with Crippen molar-refractivity contribution in [3.8, 4) is 0 Å².